The third kappa shape index (κ3) is 4.30. The molecule has 0 radical (unpaired) electrons. The van der Waals surface area contributed by atoms with E-state index in [1.165, 1.54) is 16.7 Å². The summed E-state index contributed by atoms with van der Waals surface area (Å²) in [7, 11) is 0. The molecule has 0 bridgehead atoms. The van der Waals surface area contributed by atoms with E-state index in [9.17, 15) is 0 Å². The Hall–Kier alpha value is -0.900. The molecule has 1 N–H and O–H groups in total. The van der Waals surface area contributed by atoms with E-state index in [1.807, 2.05) is 0 Å². The number of likely N-dealkylation sites (N-methyl/N-ethyl adjacent to an activating group) is 1. The fourth-order valence-electron chi connectivity index (χ4n) is 2.78. The SMILES string of the molecule is CCNC(Cc1cc(C)cc(C)c1)C1COCCO1. The van der Waals surface area contributed by atoms with Crippen molar-refractivity contribution in [2.24, 2.45) is 0 Å². The van der Waals surface area contributed by atoms with Crippen LogP contribution in [0.3, 0.4) is 0 Å². The minimum atomic E-state index is 0.162. The summed E-state index contributed by atoms with van der Waals surface area (Å²) in [4.78, 5) is 0. The summed E-state index contributed by atoms with van der Waals surface area (Å²) in [5.74, 6) is 0. The maximum atomic E-state index is 5.84. The molecule has 19 heavy (non-hydrogen) atoms. The summed E-state index contributed by atoms with van der Waals surface area (Å²) < 4.78 is 11.4. The Morgan fingerprint density at radius 1 is 1.21 bits per heavy atom. The van der Waals surface area contributed by atoms with Gasteiger partial charge in [-0.1, -0.05) is 36.2 Å². The second kappa shape index (κ2) is 7.04. The van der Waals surface area contributed by atoms with Crippen LogP contribution in [0.1, 0.15) is 23.6 Å². The third-order valence-electron chi connectivity index (χ3n) is 3.49. The first-order valence-electron chi connectivity index (χ1n) is 7.19. The minimum Gasteiger partial charge on any atom is -0.376 e. The molecule has 0 aromatic heterocycles. The lowest BCUT2D eigenvalue weighted by atomic mass is 9.98. The fraction of sp³-hybridized carbons (Fsp3) is 0.625. The van der Waals surface area contributed by atoms with Gasteiger partial charge < -0.3 is 14.8 Å². The van der Waals surface area contributed by atoms with Crippen LogP contribution in [0.25, 0.3) is 0 Å². The predicted molar refractivity (Wildman–Crippen MR) is 77.6 cm³/mol. The largest absolute Gasteiger partial charge is 0.376 e. The molecule has 1 aliphatic heterocycles. The molecule has 0 aliphatic carbocycles. The highest BCUT2D eigenvalue weighted by Gasteiger charge is 2.24. The minimum absolute atomic E-state index is 0.162. The summed E-state index contributed by atoms with van der Waals surface area (Å²) in [6.07, 6.45) is 1.15. The van der Waals surface area contributed by atoms with Crippen molar-refractivity contribution in [2.45, 2.75) is 39.3 Å². The Balaban J connectivity index is 2.06. The second-order valence-electron chi connectivity index (χ2n) is 5.35. The van der Waals surface area contributed by atoms with Gasteiger partial charge in [-0.2, -0.15) is 0 Å². The Kier molecular flexibility index (Phi) is 5.37. The Bertz CT molecular complexity index is 379. The molecule has 1 saturated heterocycles. The molecule has 2 rings (SSSR count). The smallest absolute Gasteiger partial charge is 0.0965 e. The van der Waals surface area contributed by atoms with Crippen LogP contribution in [-0.2, 0) is 15.9 Å². The summed E-state index contributed by atoms with van der Waals surface area (Å²) in [6, 6.07) is 7.07. The van der Waals surface area contributed by atoms with Crippen LogP contribution in [0.4, 0.5) is 0 Å². The van der Waals surface area contributed by atoms with Gasteiger partial charge in [-0.3, -0.25) is 0 Å². The second-order valence-corrected chi connectivity index (χ2v) is 5.35. The zero-order chi connectivity index (χ0) is 13.7. The molecule has 0 amide bonds. The van der Waals surface area contributed by atoms with Gasteiger partial charge in [0.1, 0.15) is 0 Å². The Labute approximate surface area is 116 Å². The highest BCUT2D eigenvalue weighted by Crippen LogP contribution is 2.15. The number of ether oxygens (including phenoxy) is 2. The quantitative estimate of drug-likeness (QED) is 0.884. The Morgan fingerprint density at radius 3 is 2.53 bits per heavy atom. The molecule has 3 heteroatoms. The van der Waals surface area contributed by atoms with E-state index in [4.69, 9.17) is 9.47 Å². The first kappa shape index (κ1) is 14.5. The van der Waals surface area contributed by atoms with Crippen LogP contribution in [-0.4, -0.2) is 38.5 Å². The molecular formula is C16H25NO2. The van der Waals surface area contributed by atoms with E-state index in [0.29, 0.717) is 19.3 Å². The van der Waals surface area contributed by atoms with Crippen LogP contribution in [0, 0.1) is 13.8 Å². The molecule has 1 heterocycles. The number of nitrogens with one attached hydrogen (secondary N) is 1. The zero-order valence-electron chi connectivity index (χ0n) is 12.2. The number of rotatable bonds is 5. The summed E-state index contributed by atoms with van der Waals surface area (Å²) >= 11 is 0. The summed E-state index contributed by atoms with van der Waals surface area (Å²) in [5, 5.41) is 3.53. The topological polar surface area (TPSA) is 30.5 Å². The van der Waals surface area contributed by atoms with Crippen LogP contribution in [0.15, 0.2) is 18.2 Å². The van der Waals surface area contributed by atoms with Crippen molar-refractivity contribution in [3.05, 3.63) is 34.9 Å². The van der Waals surface area contributed by atoms with Crippen molar-refractivity contribution in [2.75, 3.05) is 26.4 Å². The van der Waals surface area contributed by atoms with E-state index in [1.54, 1.807) is 0 Å². The third-order valence-corrected chi connectivity index (χ3v) is 3.49. The van der Waals surface area contributed by atoms with Crippen molar-refractivity contribution >= 4 is 0 Å². The maximum absolute atomic E-state index is 5.84. The molecule has 1 aromatic rings. The standard InChI is InChI=1S/C16H25NO2/c1-4-17-15(16-11-18-5-6-19-16)10-14-8-12(2)7-13(3)9-14/h7-9,15-17H,4-6,10-11H2,1-3H3. The van der Waals surface area contributed by atoms with Crippen LogP contribution < -0.4 is 5.32 Å². The highest BCUT2D eigenvalue weighted by atomic mass is 16.6. The lowest BCUT2D eigenvalue weighted by molar-refractivity contribution is -0.101. The first-order chi connectivity index (χ1) is 9.19. The highest BCUT2D eigenvalue weighted by molar-refractivity contribution is 5.29. The lowest BCUT2D eigenvalue weighted by Crippen LogP contribution is -2.47. The molecule has 106 valence electrons. The van der Waals surface area contributed by atoms with Crippen molar-refractivity contribution in [3.8, 4) is 0 Å². The maximum Gasteiger partial charge on any atom is 0.0965 e. The zero-order valence-corrected chi connectivity index (χ0v) is 12.2. The van der Waals surface area contributed by atoms with Gasteiger partial charge in [0.05, 0.1) is 25.9 Å². The summed E-state index contributed by atoms with van der Waals surface area (Å²) in [6.45, 7) is 9.52. The number of benzene rings is 1. The van der Waals surface area contributed by atoms with Gasteiger partial charge in [0.15, 0.2) is 0 Å². The fourth-order valence-corrected chi connectivity index (χ4v) is 2.78. The average Bonchev–Trinajstić information content (AvgIpc) is 2.38. The van der Waals surface area contributed by atoms with Gasteiger partial charge in [-0.25, -0.2) is 0 Å². The predicted octanol–water partition coefficient (Wildman–Crippen LogP) is 2.24. The number of aryl methyl sites for hydroxylation is 2. The first-order valence-corrected chi connectivity index (χ1v) is 7.19. The van der Waals surface area contributed by atoms with E-state index in [-0.39, 0.29) is 6.10 Å². The van der Waals surface area contributed by atoms with Gasteiger partial charge >= 0.3 is 0 Å². The molecule has 1 fully saturated rings. The molecule has 0 saturated carbocycles. The van der Waals surface area contributed by atoms with Gasteiger partial charge in [-0.15, -0.1) is 0 Å². The van der Waals surface area contributed by atoms with E-state index in [0.717, 1.165) is 19.6 Å². The number of hydrogen-bond donors (Lipinski definition) is 1. The number of hydrogen-bond acceptors (Lipinski definition) is 3. The normalized spacial score (nSPS) is 21.3. The van der Waals surface area contributed by atoms with Gasteiger partial charge in [0.2, 0.25) is 0 Å². The van der Waals surface area contributed by atoms with Crippen molar-refractivity contribution < 1.29 is 9.47 Å². The van der Waals surface area contributed by atoms with Crippen LogP contribution in [0.2, 0.25) is 0 Å². The molecule has 1 aromatic carbocycles. The van der Waals surface area contributed by atoms with Crippen molar-refractivity contribution in [3.63, 3.8) is 0 Å². The van der Waals surface area contributed by atoms with Crippen molar-refractivity contribution in [1.82, 2.24) is 5.32 Å². The van der Waals surface area contributed by atoms with E-state index in [2.05, 4.69) is 44.3 Å². The molecule has 0 spiro atoms. The van der Waals surface area contributed by atoms with E-state index >= 15 is 0 Å². The van der Waals surface area contributed by atoms with E-state index < -0.39 is 0 Å². The van der Waals surface area contributed by atoms with Crippen LogP contribution >= 0.6 is 0 Å². The average molecular weight is 263 g/mol. The Morgan fingerprint density at radius 2 is 1.95 bits per heavy atom. The molecule has 2 unspecified atom stereocenters. The van der Waals surface area contributed by atoms with Gasteiger partial charge in [-0.05, 0) is 32.4 Å². The molecule has 1 aliphatic rings. The molecule has 3 nitrogen and oxygen atoms in total. The molecule has 2 atom stereocenters. The van der Waals surface area contributed by atoms with Crippen LogP contribution in [0.5, 0.6) is 0 Å². The lowest BCUT2D eigenvalue weighted by Gasteiger charge is -2.31. The summed E-state index contributed by atoms with van der Waals surface area (Å²) in [5.41, 5.74) is 4.02. The van der Waals surface area contributed by atoms with Gasteiger partial charge in [0.25, 0.3) is 0 Å². The monoisotopic (exact) mass is 263 g/mol. The van der Waals surface area contributed by atoms with Crippen molar-refractivity contribution in [1.29, 1.82) is 0 Å². The van der Waals surface area contributed by atoms with Gasteiger partial charge in [0, 0.05) is 6.04 Å². The molecular weight excluding hydrogens is 238 g/mol.